The second kappa shape index (κ2) is 3.61. The molecule has 0 fully saturated rings. The van der Waals surface area contributed by atoms with E-state index in [1.54, 1.807) is 0 Å². The lowest BCUT2D eigenvalue weighted by Crippen LogP contribution is -1.99. The SMILES string of the molecule is CNc1c(CC(C)C)n[nH]c1C. The second-order valence-electron chi connectivity index (χ2n) is 3.52. The molecule has 0 saturated carbocycles. The Balaban J connectivity index is 2.84. The maximum absolute atomic E-state index is 4.24. The highest BCUT2D eigenvalue weighted by Gasteiger charge is 2.09. The number of aromatic amines is 1. The van der Waals surface area contributed by atoms with Gasteiger partial charge < -0.3 is 5.32 Å². The van der Waals surface area contributed by atoms with Gasteiger partial charge in [0.05, 0.1) is 17.1 Å². The number of nitrogens with zero attached hydrogens (tertiary/aromatic N) is 1. The molecule has 0 aliphatic carbocycles. The third kappa shape index (κ3) is 1.78. The van der Waals surface area contributed by atoms with Crippen molar-refractivity contribution in [3.63, 3.8) is 0 Å². The Labute approximate surface area is 73.6 Å². The van der Waals surface area contributed by atoms with Crippen molar-refractivity contribution < 1.29 is 0 Å². The van der Waals surface area contributed by atoms with Crippen molar-refractivity contribution in [3.8, 4) is 0 Å². The second-order valence-corrected chi connectivity index (χ2v) is 3.52. The van der Waals surface area contributed by atoms with E-state index < -0.39 is 0 Å². The zero-order valence-corrected chi connectivity index (χ0v) is 8.23. The molecule has 0 radical (unpaired) electrons. The van der Waals surface area contributed by atoms with E-state index in [1.165, 1.54) is 0 Å². The van der Waals surface area contributed by atoms with Gasteiger partial charge in [-0.2, -0.15) is 5.10 Å². The molecular formula is C9H17N3. The van der Waals surface area contributed by atoms with Crippen LogP contribution in [-0.4, -0.2) is 17.2 Å². The van der Waals surface area contributed by atoms with Gasteiger partial charge in [0, 0.05) is 7.05 Å². The molecule has 0 unspecified atom stereocenters. The van der Waals surface area contributed by atoms with Crippen LogP contribution in [0.1, 0.15) is 25.2 Å². The first-order chi connectivity index (χ1) is 5.65. The summed E-state index contributed by atoms with van der Waals surface area (Å²) >= 11 is 0. The summed E-state index contributed by atoms with van der Waals surface area (Å²) in [6.07, 6.45) is 1.03. The van der Waals surface area contributed by atoms with Crippen molar-refractivity contribution in [2.24, 2.45) is 5.92 Å². The zero-order valence-electron chi connectivity index (χ0n) is 8.23. The van der Waals surface area contributed by atoms with Gasteiger partial charge >= 0.3 is 0 Å². The fourth-order valence-corrected chi connectivity index (χ4v) is 1.35. The first-order valence-electron chi connectivity index (χ1n) is 4.36. The van der Waals surface area contributed by atoms with Crippen LogP contribution < -0.4 is 5.32 Å². The maximum atomic E-state index is 4.24. The van der Waals surface area contributed by atoms with Gasteiger partial charge in [0.25, 0.3) is 0 Å². The van der Waals surface area contributed by atoms with Crippen LogP contribution in [-0.2, 0) is 6.42 Å². The van der Waals surface area contributed by atoms with E-state index in [9.17, 15) is 0 Å². The molecule has 3 heteroatoms. The Morgan fingerprint density at radius 2 is 2.17 bits per heavy atom. The number of nitrogens with one attached hydrogen (secondary N) is 2. The van der Waals surface area contributed by atoms with E-state index in [2.05, 4.69) is 29.4 Å². The van der Waals surface area contributed by atoms with E-state index in [4.69, 9.17) is 0 Å². The quantitative estimate of drug-likeness (QED) is 0.722. The Morgan fingerprint density at radius 1 is 1.50 bits per heavy atom. The predicted molar refractivity (Wildman–Crippen MR) is 51.4 cm³/mol. The molecule has 0 saturated heterocycles. The summed E-state index contributed by atoms with van der Waals surface area (Å²) in [5, 5.41) is 10.4. The van der Waals surface area contributed by atoms with Crippen LogP contribution in [0.3, 0.4) is 0 Å². The van der Waals surface area contributed by atoms with Crippen LogP contribution in [0.15, 0.2) is 0 Å². The molecule has 68 valence electrons. The monoisotopic (exact) mass is 167 g/mol. The van der Waals surface area contributed by atoms with Crippen LogP contribution in [0.5, 0.6) is 0 Å². The molecule has 0 bridgehead atoms. The molecule has 12 heavy (non-hydrogen) atoms. The zero-order chi connectivity index (χ0) is 9.14. The van der Waals surface area contributed by atoms with Crippen LogP contribution in [0.4, 0.5) is 5.69 Å². The number of hydrogen-bond donors (Lipinski definition) is 2. The van der Waals surface area contributed by atoms with Gasteiger partial charge in [-0.05, 0) is 19.3 Å². The van der Waals surface area contributed by atoms with Gasteiger partial charge in [-0.3, -0.25) is 5.10 Å². The van der Waals surface area contributed by atoms with E-state index in [1.807, 2.05) is 14.0 Å². The number of H-pyrrole nitrogens is 1. The molecule has 3 nitrogen and oxygen atoms in total. The third-order valence-corrected chi connectivity index (χ3v) is 1.87. The smallest absolute Gasteiger partial charge is 0.0858 e. The molecule has 2 N–H and O–H groups in total. The molecule has 1 rings (SSSR count). The number of rotatable bonds is 3. The standard InChI is InChI=1S/C9H17N3/c1-6(2)5-8-9(10-4)7(3)11-12-8/h6,10H,5H2,1-4H3,(H,11,12). The van der Waals surface area contributed by atoms with Crippen molar-refractivity contribution >= 4 is 5.69 Å². The molecule has 1 aromatic heterocycles. The van der Waals surface area contributed by atoms with Crippen molar-refractivity contribution in [1.29, 1.82) is 0 Å². The Hall–Kier alpha value is -0.990. The predicted octanol–water partition coefficient (Wildman–Crippen LogP) is 1.96. The van der Waals surface area contributed by atoms with E-state index in [0.717, 1.165) is 23.5 Å². The van der Waals surface area contributed by atoms with Crippen molar-refractivity contribution in [3.05, 3.63) is 11.4 Å². The summed E-state index contributed by atoms with van der Waals surface area (Å²) in [7, 11) is 1.93. The normalized spacial score (nSPS) is 10.8. The molecule has 0 aliphatic rings. The topological polar surface area (TPSA) is 40.7 Å². The van der Waals surface area contributed by atoms with Gasteiger partial charge in [-0.25, -0.2) is 0 Å². The maximum Gasteiger partial charge on any atom is 0.0858 e. The van der Waals surface area contributed by atoms with Gasteiger partial charge in [0.1, 0.15) is 0 Å². The summed E-state index contributed by atoms with van der Waals surface area (Å²) in [6, 6.07) is 0. The van der Waals surface area contributed by atoms with Gasteiger partial charge in [0.15, 0.2) is 0 Å². The number of aromatic nitrogens is 2. The minimum Gasteiger partial charge on any atom is -0.385 e. The summed E-state index contributed by atoms with van der Waals surface area (Å²) in [6.45, 7) is 6.43. The highest BCUT2D eigenvalue weighted by atomic mass is 15.1. The number of anilines is 1. The highest BCUT2D eigenvalue weighted by molar-refractivity contribution is 5.51. The summed E-state index contributed by atoms with van der Waals surface area (Å²) in [5.74, 6) is 0.653. The summed E-state index contributed by atoms with van der Waals surface area (Å²) < 4.78 is 0. The molecule has 1 aromatic rings. The lowest BCUT2D eigenvalue weighted by molar-refractivity contribution is 0.634. The number of hydrogen-bond acceptors (Lipinski definition) is 2. The first kappa shape index (κ1) is 9.10. The van der Waals surface area contributed by atoms with Crippen LogP contribution >= 0.6 is 0 Å². The first-order valence-corrected chi connectivity index (χ1v) is 4.36. The van der Waals surface area contributed by atoms with Crippen molar-refractivity contribution in [2.75, 3.05) is 12.4 Å². The van der Waals surface area contributed by atoms with Crippen LogP contribution in [0, 0.1) is 12.8 Å². The van der Waals surface area contributed by atoms with Gasteiger partial charge in [-0.1, -0.05) is 13.8 Å². The third-order valence-electron chi connectivity index (χ3n) is 1.87. The van der Waals surface area contributed by atoms with E-state index >= 15 is 0 Å². The summed E-state index contributed by atoms with van der Waals surface area (Å²) in [5.41, 5.74) is 3.42. The molecular weight excluding hydrogens is 150 g/mol. The lowest BCUT2D eigenvalue weighted by Gasteiger charge is -2.04. The molecule has 0 aromatic carbocycles. The Kier molecular flexibility index (Phi) is 2.74. The van der Waals surface area contributed by atoms with Gasteiger partial charge in [-0.15, -0.1) is 0 Å². The fourth-order valence-electron chi connectivity index (χ4n) is 1.35. The van der Waals surface area contributed by atoms with Crippen molar-refractivity contribution in [2.45, 2.75) is 27.2 Å². The summed E-state index contributed by atoms with van der Waals surface area (Å²) in [4.78, 5) is 0. The molecule has 0 amide bonds. The molecule has 0 atom stereocenters. The fraction of sp³-hybridized carbons (Fsp3) is 0.667. The van der Waals surface area contributed by atoms with Gasteiger partial charge in [0.2, 0.25) is 0 Å². The highest BCUT2D eigenvalue weighted by Crippen LogP contribution is 2.19. The van der Waals surface area contributed by atoms with Crippen LogP contribution in [0.2, 0.25) is 0 Å². The Bertz CT molecular complexity index is 250. The Morgan fingerprint density at radius 3 is 2.67 bits per heavy atom. The average molecular weight is 167 g/mol. The minimum atomic E-state index is 0.653. The van der Waals surface area contributed by atoms with Crippen molar-refractivity contribution in [1.82, 2.24) is 10.2 Å². The molecule has 1 heterocycles. The molecule has 0 aliphatic heterocycles. The largest absolute Gasteiger partial charge is 0.385 e. The number of aryl methyl sites for hydroxylation is 1. The van der Waals surface area contributed by atoms with E-state index in [-0.39, 0.29) is 0 Å². The average Bonchev–Trinajstić information content (AvgIpc) is 2.30. The van der Waals surface area contributed by atoms with E-state index in [0.29, 0.717) is 5.92 Å². The lowest BCUT2D eigenvalue weighted by atomic mass is 10.1. The van der Waals surface area contributed by atoms with Crippen LogP contribution in [0.25, 0.3) is 0 Å². The molecule has 0 spiro atoms. The minimum absolute atomic E-state index is 0.653.